The lowest BCUT2D eigenvalue weighted by atomic mass is 11.7. The lowest BCUT2D eigenvalue weighted by Gasteiger charge is -1.67. The number of rotatable bonds is 0. The van der Waals surface area contributed by atoms with E-state index >= 15 is 0 Å². The van der Waals surface area contributed by atoms with Gasteiger partial charge in [0, 0.05) is 0 Å². The van der Waals surface area contributed by atoms with Gasteiger partial charge in [-0.3, -0.25) is 4.79 Å². The van der Waals surface area contributed by atoms with Gasteiger partial charge in [-0.2, -0.15) is 0 Å². The molecular formula is CH2F3NO2. The molecule has 3 nitrogen and oxygen atoms in total. The highest BCUT2D eigenvalue weighted by molar-refractivity contribution is 5.32. The lowest BCUT2D eigenvalue weighted by Crippen LogP contribution is -1.72. The summed E-state index contributed by atoms with van der Waals surface area (Å²) in [6.45, 7) is -0.250. The second-order valence-corrected chi connectivity index (χ2v) is 0.297. The van der Waals surface area contributed by atoms with E-state index in [-0.39, 0.29) is 6.47 Å². The Kier molecular flexibility index (Phi) is 12.2. The zero-order chi connectivity index (χ0) is 6.28. The maximum atomic E-state index is 9.50. The molecule has 0 aromatic carbocycles. The van der Waals surface area contributed by atoms with E-state index < -0.39 is 5.57 Å². The summed E-state index contributed by atoms with van der Waals surface area (Å²) in [6.07, 6.45) is 0. The molecule has 0 saturated carbocycles. The van der Waals surface area contributed by atoms with Crippen molar-refractivity contribution in [2.45, 2.75) is 0 Å². The Morgan fingerprint density at radius 2 is 1.43 bits per heavy atom. The van der Waals surface area contributed by atoms with Gasteiger partial charge in [-0.05, 0) is 0 Å². The minimum absolute atomic E-state index is 0.250. The molecule has 0 spiro atoms. The van der Waals surface area contributed by atoms with Crippen LogP contribution < -0.4 is 0 Å². The Labute approximate surface area is 36.8 Å². The molecule has 0 saturated heterocycles. The monoisotopic (exact) mass is 117 g/mol. The van der Waals surface area contributed by atoms with Crippen molar-refractivity contribution < 1.29 is 23.3 Å². The van der Waals surface area contributed by atoms with Crippen molar-refractivity contribution in [1.82, 2.24) is 5.57 Å². The number of carbonyl (C=O) groups is 1. The number of carboxylic acid groups (broad SMARTS) is 1. The van der Waals surface area contributed by atoms with Crippen LogP contribution in [0.5, 0.6) is 0 Å². The third-order valence-corrected chi connectivity index (χ3v) is 0. The van der Waals surface area contributed by atoms with Crippen molar-refractivity contribution in [3.05, 3.63) is 0 Å². The second-order valence-electron chi connectivity index (χ2n) is 0.297. The zero-order valence-electron chi connectivity index (χ0n) is 3.01. The molecule has 0 aromatic rings. The van der Waals surface area contributed by atoms with E-state index in [0.29, 0.717) is 0 Å². The first kappa shape index (κ1) is 9.52. The van der Waals surface area contributed by atoms with E-state index in [1.165, 1.54) is 0 Å². The summed E-state index contributed by atoms with van der Waals surface area (Å²) in [7, 11) is 0. The van der Waals surface area contributed by atoms with Gasteiger partial charge in [0.2, 0.25) is 0 Å². The van der Waals surface area contributed by atoms with Crippen LogP contribution in [0, 0.1) is 0 Å². The first-order valence-electron chi connectivity index (χ1n) is 1.00. The molecule has 0 aliphatic rings. The van der Waals surface area contributed by atoms with Gasteiger partial charge in [0.1, 0.15) is 0 Å². The number of halogens is 3. The Bertz CT molecular complexity index is 37.2. The standard InChI is InChI=1S/CH2O2.F3N/c2-1-3;1-4(2)3/h1H,(H,2,3);. The van der Waals surface area contributed by atoms with Crippen LogP contribution in [0.1, 0.15) is 0 Å². The number of hydrogen-bond acceptors (Lipinski definition) is 2. The molecule has 0 rings (SSSR count). The maximum Gasteiger partial charge on any atom is 0.290 e. The zero-order valence-corrected chi connectivity index (χ0v) is 3.01. The van der Waals surface area contributed by atoms with Gasteiger partial charge in [-0.25, -0.2) is 0 Å². The molecule has 0 heterocycles. The molecular weight excluding hydrogens is 115 g/mol. The van der Waals surface area contributed by atoms with E-state index in [9.17, 15) is 13.4 Å². The Morgan fingerprint density at radius 3 is 1.43 bits per heavy atom. The van der Waals surface area contributed by atoms with Gasteiger partial charge in [-0.15, -0.1) is 0 Å². The van der Waals surface area contributed by atoms with Crippen LogP contribution in [0.2, 0.25) is 0 Å². The first-order valence-corrected chi connectivity index (χ1v) is 1.00. The summed E-state index contributed by atoms with van der Waals surface area (Å²) >= 11 is 0. The van der Waals surface area contributed by atoms with Gasteiger partial charge >= 0.3 is 0 Å². The average molecular weight is 117 g/mol. The minimum atomic E-state index is -2.50. The molecule has 6 heteroatoms. The molecule has 7 heavy (non-hydrogen) atoms. The first-order chi connectivity index (χ1) is 3.15. The summed E-state index contributed by atoms with van der Waals surface area (Å²) in [5.41, 5.74) is -2.50. The third-order valence-electron chi connectivity index (χ3n) is 0. The Hall–Kier alpha value is -0.780. The van der Waals surface area contributed by atoms with Crippen molar-refractivity contribution in [2.75, 3.05) is 0 Å². The summed E-state index contributed by atoms with van der Waals surface area (Å²) in [5, 5.41) is 6.89. The second kappa shape index (κ2) is 8.97. The molecule has 44 valence electrons. The fourth-order valence-electron chi connectivity index (χ4n) is 0. The summed E-state index contributed by atoms with van der Waals surface area (Å²) < 4.78 is 28.5. The molecule has 0 bridgehead atoms. The van der Waals surface area contributed by atoms with Crippen molar-refractivity contribution in [1.29, 1.82) is 0 Å². The van der Waals surface area contributed by atoms with Crippen molar-refractivity contribution in [3.8, 4) is 0 Å². The molecule has 0 unspecified atom stereocenters. The van der Waals surface area contributed by atoms with E-state index in [2.05, 4.69) is 0 Å². The van der Waals surface area contributed by atoms with E-state index in [1.807, 2.05) is 0 Å². The van der Waals surface area contributed by atoms with Crippen LogP contribution >= 0.6 is 0 Å². The quantitative estimate of drug-likeness (QED) is 0.374. The molecule has 0 radical (unpaired) electrons. The summed E-state index contributed by atoms with van der Waals surface area (Å²) in [6, 6.07) is 0. The molecule has 0 aliphatic carbocycles. The van der Waals surface area contributed by atoms with Crippen LogP contribution in [0.15, 0.2) is 0 Å². The molecule has 0 atom stereocenters. The van der Waals surface area contributed by atoms with Crippen molar-refractivity contribution >= 4 is 6.47 Å². The highest BCUT2D eigenvalue weighted by atomic mass is 19.5. The predicted molar refractivity (Wildman–Crippen MR) is 13.9 cm³/mol. The average Bonchev–Trinajstić information content (AvgIpc) is 1.33. The smallest absolute Gasteiger partial charge is 0.290 e. The molecule has 1 N–H and O–H groups in total. The fourth-order valence-corrected chi connectivity index (χ4v) is 0. The van der Waals surface area contributed by atoms with E-state index in [0.717, 1.165) is 0 Å². The SMILES string of the molecule is FN(F)F.O=CO. The Morgan fingerprint density at radius 1 is 1.43 bits per heavy atom. The summed E-state index contributed by atoms with van der Waals surface area (Å²) in [5.74, 6) is 0. The highest BCUT2D eigenvalue weighted by Crippen LogP contribution is 1.82. The van der Waals surface area contributed by atoms with Crippen LogP contribution in [0.25, 0.3) is 0 Å². The largest absolute Gasteiger partial charge is 0.483 e. The lowest BCUT2D eigenvalue weighted by molar-refractivity contribution is -0.295. The topological polar surface area (TPSA) is 40.5 Å². The third kappa shape index (κ3) is 89.0. The summed E-state index contributed by atoms with van der Waals surface area (Å²) in [4.78, 5) is 8.36. The minimum Gasteiger partial charge on any atom is -0.483 e. The van der Waals surface area contributed by atoms with Gasteiger partial charge in [0.25, 0.3) is 6.47 Å². The van der Waals surface area contributed by atoms with E-state index in [1.54, 1.807) is 0 Å². The molecule has 0 amide bonds. The highest BCUT2D eigenvalue weighted by Gasteiger charge is 1.80. The maximum absolute atomic E-state index is 9.50. The number of hydrogen-bond donors (Lipinski definition) is 1. The van der Waals surface area contributed by atoms with Crippen LogP contribution in [0.3, 0.4) is 0 Å². The van der Waals surface area contributed by atoms with Gasteiger partial charge < -0.3 is 5.11 Å². The fraction of sp³-hybridized carbons (Fsp3) is 0. The molecule has 0 fully saturated rings. The number of nitrogens with zero attached hydrogens (tertiary/aromatic N) is 1. The van der Waals surface area contributed by atoms with Gasteiger partial charge in [-0.1, -0.05) is 13.4 Å². The van der Waals surface area contributed by atoms with Gasteiger partial charge in [0.05, 0.1) is 0 Å². The predicted octanol–water partition coefficient (Wildman–Crippen LogP) is 0.643. The Balaban J connectivity index is 0. The van der Waals surface area contributed by atoms with Crippen LogP contribution in [-0.2, 0) is 4.79 Å². The van der Waals surface area contributed by atoms with Crippen molar-refractivity contribution in [3.63, 3.8) is 0 Å². The molecule has 0 aliphatic heterocycles. The van der Waals surface area contributed by atoms with Crippen LogP contribution in [0.4, 0.5) is 13.4 Å². The van der Waals surface area contributed by atoms with Gasteiger partial charge in [0.15, 0.2) is 5.57 Å². The van der Waals surface area contributed by atoms with E-state index in [4.69, 9.17) is 9.90 Å². The van der Waals surface area contributed by atoms with Crippen LogP contribution in [-0.4, -0.2) is 17.1 Å². The molecule has 0 aromatic heterocycles. The normalized spacial score (nSPS) is 6.86. The van der Waals surface area contributed by atoms with Crippen molar-refractivity contribution in [2.24, 2.45) is 0 Å².